The molecule has 7 heteroatoms. The van der Waals surface area contributed by atoms with Crippen molar-refractivity contribution in [3.63, 3.8) is 0 Å². The van der Waals surface area contributed by atoms with Crippen LogP contribution in [0.5, 0.6) is 0 Å². The van der Waals surface area contributed by atoms with Gasteiger partial charge in [-0.05, 0) is 38.0 Å². The number of aromatic nitrogens is 2. The van der Waals surface area contributed by atoms with Crippen molar-refractivity contribution in [1.29, 1.82) is 0 Å². The summed E-state index contributed by atoms with van der Waals surface area (Å²) in [5.41, 5.74) is 3.19. The number of hydrogen-bond acceptors (Lipinski definition) is 6. The predicted octanol–water partition coefficient (Wildman–Crippen LogP) is 3.04. The Labute approximate surface area is 165 Å². The average molecular weight is 381 g/mol. The number of morpholine rings is 1. The molecule has 1 aromatic carbocycles. The van der Waals surface area contributed by atoms with Crippen LogP contribution in [0.1, 0.15) is 41.9 Å². The van der Waals surface area contributed by atoms with Gasteiger partial charge < -0.3 is 20.3 Å². The molecule has 2 aliphatic rings. The van der Waals surface area contributed by atoms with E-state index in [4.69, 9.17) is 4.74 Å². The van der Waals surface area contributed by atoms with Crippen LogP contribution in [0.4, 0.5) is 17.3 Å². The van der Waals surface area contributed by atoms with E-state index in [9.17, 15) is 4.79 Å². The number of amides is 1. The zero-order chi connectivity index (χ0) is 19.3. The molecular formula is C21H27N5O2. The fourth-order valence-corrected chi connectivity index (χ4v) is 3.85. The van der Waals surface area contributed by atoms with Gasteiger partial charge in [0, 0.05) is 24.8 Å². The van der Waals surface area contributed by atoms with Crippen LogP contribution in [0, 0.1) is 6.92 Å². The lowest BCUT2D eigenvalue weighted by Crippen LogP contribution is -2.36. The number of carbonyl (C=O) groups is 1. The van der Waals surface area contributed by atoms with Gasteiger partial charge in [-0.3, -0.25) is 4.79 Å². The summed E-state index contributed by atoms with van der Waals surface area (Å²) < 4.78 is 5.46. The van der Waals surface area contributed by atoms with E-state index in [1.165, 1.54) is 12.8 Å². The largest absolute Gasteiger partial charge is 0.378 e. The molecule has 0 atom stereocenters. The summed E-state index contributed by atoms with van der Waals surface area (Å²) in [6, 6.07) is 10.1. The maximum atomic E-state index is 12.6. The monoisotopic (exact) mass is 381 g/mol. The summed E-state index contributed by atoms with van der Waals surface area (Å²) in [7, 11) is 0. The molecule has 2 heterocycles. The van der Waals surface area contributed by atoms with Crippen molar-refractivity contribution < 1.29 is 9.53 Å². The highest BCUT2D eigenvalue weighted by molar-refractivity contribution is 5.93. The molecule has 1 aromatic heterocycles. The molecular weight excluding hydrogens is 354 g/mol. The normalized spacial score (nSPS) is 17.5. The van der Waals surface area contributed by atoms with Crippen LogP contribution < -0.4 is 15.5 Å². The first-order chi connectivity index (χ1) is 13.7. The number of rotatable bonds is 5. The van der Waals surface area contributed by atoms with Crippen molar-refractivity contribution in [3.8, 4) is 0 Å². The molecule has 1 aliphatic carbocycles. The number of anilines is 3. The van der Waals surface area contributed by atoms with Crippen molar-refractivity contribution >= 4 is 23.2 Å². The average Bonchev–Trinajstić information content (AvgIpc) is 3.22. The van der Waals surface area contributed by atoms with Gasteiger partial charge in [0.25, 0.3) is 5.91 Å². The number of nitrogens with zero attached hydrogens (tertiary/aromatic N) is 3. The van der Waals surface area contributed by atoms with Gasteiger partial charge >= 0.3 is 0 Å². The Kier molecular flexibility index (Phi) is 5.71. The van der Waals surface area contributed by atoms with Gasteiger partial charge in [-0.25, -0.2) is 9.97 Å². The van der Waals surface area contributed by atoms with Crippen molar-refractivity contribution in [2.24, 2.45) is 0 Å². The maximum Gasteiger partial charge on any atom is 0.270 e. The number of nitrogens with one attached hydrogen (secondary N) is 2. The molecule has 28 heavy (non-hydrogen) atoms. The number of aryl methyl sites for hydroxylation is 1. The van der Waals surface area contributed by atoms with Crippen molar-refractivity contribution in [2.45, 2.75) is 38.6 Å². The van der Waals surface area contributed by atoms with E-state index in [0.717, 1.165) is 56.2 Å². The Hall–Kier alpha value is -2.67. The molecule has 1 amide bonds. The Balaban J connectivity index is 1.53. The number of ether oxygens (including phenoxy) is 1. The first-order valence-corrected chi connectivity index (χ1v) is 10.0. The van der Waals surface area contributed by atoms with Crippen LogP contribution in [-0.2, 0) is 4.74 Å². The third kappa shape index (κ3) is 4.42. The van der Waals surface area contributed by atoms with Gasteiger partial charge in [0.1, 0.15) is 5.69 Å². The number of benzene rings is 1. The van der Waals surface area contributed by atoms with Crippen LogP contribution in [0.25, 0.3) is 0 Å². The summed E-state index contributed by atoms with van der Waals surface area (Å²) in [5, 5.41) is 6.41. The summed E-state index contributed by atoms with van der Waals surface area (Å²) in [4.78, 5) is 23.9. The third-order valence-corrected chi connectivity index (χ3v) is 5.28. The van der Waals surface area contributed by atoms with Crippen LogP contribution in [0.15, 0.2) is 30.3 Å². The molecule has 1 saturated heterocycles. The minimum atomic E-state index is -0.123. The first kappa shape index (κ1) is 18.7. The Morgan fingerprint density at radius 3 is 2.68 bits per heavy atom. The Morgan fingerprint density at radius 1 is 1.14 bits per heavy atom. The summed E-state index contributed by atoms with van der Waals surface area (Å²) in [6.45, 7) is 5.03. The van der Waals surface area contributed by atoms with E-state index in [2.05, 4.69) is 31.6 Å². The minimum Gasteiger partial charge on any atom is -0.378 e. The van der Waals surface area contributed by atoms with Gasteiger partial charge in [0.05, 0.1) is 24.6 Å². The van der Waals surface area contributed by atoms with Gasteiger partial charge in [-0.15, -0.1) is 0 Å². The molecule has 7 nitrogen and oxygen atoms in total. The van der Waals surface area contributed by atoms with E-state index < -0.39 is 0 Å². The molecule has 0 spiro atoms. The lowest BCUT2D eigenvalue weighted by molar-refractivity contribution is 0.0932. The topological polar surface area (TPSA) is 79.4 Å². The summed E-state index contributed by atoms with van der Waals surface area (Å²) in [5.74, 6) is 0.319. The molecule has 0 radical (unpaired) electrons. The smallest absolute Gasteiger partial charge is 0.270 e. The van der Waals surface area contributed by atoms with E-state index in [1.807, 2.05) is 25.1 Å². The SMILES string of the molecule is Cc1cc(C(=O)NC2CCCC2)nc(Nc2ccccc2N2CCOCC2)n1. The van der Waals surface area contributed by atoms with Crippen molar-refractivity contribution in [2.75, 3.05) is 36.5 Å². The fourth-order valence-electron chi connectivity index (χ4n) is 3.85. The molecule has 2 N–H and O–H groups in total. The highest BCUT2D eigenvalue weighted by Gasteiger charge is 2.20. The minimum absolute atomic E-state index is 0.123. The van der Waals surface area contributed by atoms with Crippen LogP contribution in [-0.4, -0.2) is 48.2 Å². The second-order valence-corrected chi connectivity index (χ2v) is 7.41. The standard InChI is InChI=1S/C21H27N5O2/c1-15-14-18(20(27)23-16-6-2-3-7-16)25-21(22-15)24-17-8-4-5-9-19(17)26-10-12-28-13-11-26/h4-5,8-9,14,16H,2-3,6-7,10-13H2,1H3,(H,23,27)(H,22,24,25). The molecule has 2 fully saturated rings. The molecule has 0 bridgehead atoms. The van der Waals surface area contributed by atoms with E-state index in [0.29, 0.717) is 11.6 Å². The molecule has 4 rings (SSSR count). The molecule has 1 saturated carbocycles. The zero-order valence-electron chi connectivity index (χ0n) is 16.3. The molecule has 1 aliphatic heterocycles. The quantitative estimate of drug-likeness (QED) is 0.829. The van der Waals surface area contributed by atoms with Crippen LogP contribution in [0.3, 0.4) is 0 Å². The van der Waals surface area contributed by atoms with Crippen LogP contribution in [0.2, 0.25) is 0 Å². The van der Waals surface area contributed by atoms with Gasteiger partial charge in [0.2, 0.25) is 5.95 Å². The van der Waals surface area contributed by atoms with E-state index in [1.54, 1.807) is 6.07 Å². The summed E-state index contributed by atoms with van der Waals surface area (Å²) >= 11 is 0. The lowest BCUT2D eigenvalue weighted by atomic mass is 10.2. The molecule has 2 aromatic rings. The van der Waals surface area contributed by atoms with E-state index >= 15 is 0 Å². The number of para-hydroxylation sites is 2. The zero-order valence-corrected chi connectivity index (χ0v) is 16.3. The molecule has 0 unspecified atom stereocenters. The molecule has 148 valence electrons. The van der Waals surface area contributed by atoms with Gasteiger partial charge in [-0.2, -0.15) is 0 Å². The van der Waals surface area contributed by atoms with E-state index in [-0.39, 0.29) is 11.9 Å². The van der Waals surface area contributed by atoms with Crippen molar-refractivity contribution in [3.05, 3.63) is 41.7 Å². The third-order valence-electron chi connectivity index (χ3n) is 5.28. The fraction of sp³-hybridized carbons (Fsp3) is 0.476. The first-order valence-electron chi connectivity index (χ1n) is 10.0. The Bertz CT molecular complexity index is 829. The second kappa shape index (κ2) is 8.56. The van der Waals surface area contributed by atoms with Gasteiger partial charge in [-0.1, -0.05) is 25.0 Å². The number of carbonyl (C=O) groups excluding carboxylic acids is 1. The number of hydrogen-bond donors (Lipinski definition) is 2. The highest BCUT2D eigenvalue weighted by Crippen LogP contribution is 2.28. The predicted molar refractivity (Wildman–Crippen MR) is 109 cm³/mol. The van der Waals surface area contributed by atoms with Gasteiger partial charge in [0.15, 0.2) is 0 Å². The summed E-state index contributed by atoms with van der Waals surface area (Å²) in [6.07, 6.45) is 4.46. The maximum absolute atomic E-state index is 12.6. The Morgan fingerprint density at radius 2 is 1.89 bits per heavy atom. The second-order valence-electron chi connectivity index (χ2n) is 7.41. The van der Waals surface area contributed by atoms with Crippen LogP contribution >= 0.6 is 0 Å². The van der Waals surface area contributed by atoms with Crippen molar-refractivity contribution in [1.82, 2.24) is 15.3 Å². The lowest BCUT2D eigenvalue weighted by Gasteiger charge is -2.30. The highest BCUT2D eigenvalue weighted by atomic mass is 16.5.